The van der Waals surface area contributed by atoms with Crippen molar-refractivity contribution in [3.05, 3.63) is 18.2 Å². The number of carbonyl (C=O) groups excluding carboxylic acids is 1. The minimum Gasteiger partial charge on any atom is -0.381 e. The molecule has 0 spiro atoms. The number of nitrogens with one attached hydrogen (secondary N) is 2. The number of piperidine rings is 1. The van der Waals surface area contributed by atoms with Crippen LogP contribution in [0.5, 0.6) is 0 Å². The first-order valence-electron chi connectivity index (χ1n) is 8.39. The molecule has 3 rings (SSSR count). The molecule has 1 aromatic heterocycles. The number of H-pyrrole nitrogens is 1. The second-order valence-electron chi connectivity index (χ2n) is 6.30. The van der Waals surface area contributed by atoms with Crippen LogP contribution in [0.1, 0.15) is 31.4 Å². The number of likely N-dealkylation sites (tertiary alicyclic amines) is 1. The summed E-state index contributed by atoms with van der Waals surface area (Å²) in [4.78, 5) is 21.9. The van der Waals surface area contributed by atoms with Crippen LogP contribution in [0.4, 0.5) is 0 Å². The predicted octanol–water partition coefficient (Wildman–Crippen LogP) is 0.959. The highest BCUT2D eigenvalue weighted by Crippen LogP contribution is 2.23. The Hall–Kier alpha value is -1.40. The Kier molecular flexibility index (Phi) is 5.45. The minimum atomic E-state index is 0.137. The number of nitrogens with zero attached hydrogens (tertiary/aromatic N) is 2. The van der Waals surface area contributed by atoms with Crippen molar-refractivity contribution in [1.82, 2.24) is 20.2 Å². The molecule has 2 aliphatic rings. The summed E-state index contributed by atoms with van der Waals surface area (Å²) in [5, 5.41) is 3.08. The number of amides is 1. The fraction of sp³-hybridized carbons (Fsp3) is 0.750. The molecular formula is C16H26N4O2. The van der Waals surface area contributed by atoms with Crippen LogP contribution in [0.3, 0.4) is 0 Å². The van der Waals surface area contributed by atoms with Crippen LogP contribution in [-0.2, 0) is 16.0 Å². The highest BCUT2D eigenvalue weighted by atomic mass is 16.5. The summed E-state index contributed by atoms with van der Waals surface area (Å²) in [6.45, 7) is 4.43. The second kappa shape index (κ2) is 7.74. The molecule has 2 saturated heterocycles. The summed E-state index contributed by atoms with van der Waals surface area (Å²) in [5.41, 5.74) is 1.06. The highest BCUT2D eigenvalue weighted by Gasteiger charge is 2.30. The highest BCUT2D eigenvalue weighted by molar-refractivity contribution is 5.78. The van der Waals surface area contributed by atoms with E-state index in [1.807, 2.05) is 0 Å². The van der Waals surface area contributed by atoms with E-state index in [9.17, 15) is 4.79 Å². The fourth-order valence-electron chi connectivity index (χ4n) is 3.49. The molecule has 22 heavy (non-hydrogen) atoms. The average Bonchev–Trinajstić information content (AvgIpc) is 3.09. The topological polar surface area (TPSA) is 70.2 Å². The summed E-state index contributed by atoms with van der Waals surface area (Å²) >= 11 is 0. The number of rotatable bonds is 5. The van der Waals surface area contributed by atoms with Gasteiger partial charge in [-0.05, 0) is 32.2 Å². The third kappa shape index (κ3) is 4.08. The number of hydrogen-bond donors (Lipinski definition) is 2. The zero-order valence-electron chi connectivity index (χ0n) is 13.1. The molecule has 0 radical (unpaired) electrons. The van der Waals surface area contributed by atoms with Gasteiger partial charge in [0, 0.05) is 50.7 Å². The van der Waals surface area contributed by atoms with Crippen LogP contribution >= 0.6 is 0 Å². The van der Waals surface area contributed by atoms with Gasteiger partial charge in [0.25, 0.3) is 0 Å². The third-order valence-corrected chi connectivity index (χ3v) is 4.78. The lowest BCUT2D eigenvalue weighted by Gasteiger charge is -2.39. The molecule has 0 aromatic carbocycles. The minimum absolute atomic E-state index is 0.137. The molecule has 2 N–H and O–H groups in total. The number of hydrogen-bond acceptors (Lipinski definition) is 4. The number of carbonyl (C=O) groups is 1. The normalized spacial score (nSPS) is 24.3. The van der Waals surface area contributed by atoms with Gasteiger partial charge in [-0.15, -0.1) is 0 Å². The van der Waals surface area contributed by atoms with E-state index in [2.05, 4.69) is 20.2 Å². The quantitative estimate of drug-likeness (QED) is 0.850. The lowest BCUT2D eigenvalue weighted by atomic mass is 9.94. The van der Waals surface area contributed by atoms with E-state index >= 15 is 0 Å². The molecular weight excluding hydrogens is 280 g/mol. The van der Waals surface area contributed by atoms with Gasteiger partial charge in [0.1, 0.15) is 0 Å². The van der Waals surface area contributed by atoms with Crippen LogP contribution in [0.25, 0.3) is 0 Å². The van der Waals surface area contributed by atoms with Gasteiger partial charge in [0.05, 0.1) is 12.2 Å². The SMILES string of the molecule is O=C(NCCc1cnc[nH]1)C1CCCN(C2CCOCC2)C1. The fourth-order valence-corrected chi connectivity index (χ4v) is 3.49. The molecule has 0 aliphatic carbocycles. The number of aromatic nitrogens is 2. The van der Waals surface area contributed by atoms with Crippen molar-refractivity contribution in [2.75, 3.05) is 32.8 Å². The average molecular weight is 306 g/mol. The summed E-state index contributed by atoms with van der Waals surface area (Å²) in [5.74, 6) is 0.342. The second-order valence-corrected chi connectivity index (χ2v) is 6.30. The van der Waals surface area contributed by atoms with Gasteiger partial charge in [-0.25, -0.2) is 4.98 Å². The van der Waals surface area contributed by atoms with Crippen LogP contribution in [-0.4, -0.2) is 59.7 Å². The van der Waals surface area contributed by atoms with Crippen LogP contribution in [0.15, 0.2) is 12.5 Å². The monoisotopic (exact) mass is 306 g/mol. The number of aromatic amines is 1. The zero-order valence-corrected chi connectivity index (χ0v) is 13.1. The standard InChI is InChI=1S/C16H26N4O2/c21-16(18-6-3-14-10-17-12-19-14)13-2-1-7-20(11-13)15-4-8-22-9-5-15/h10,12-13,15H,1-9,11H2,(H,17,19)(H,18,21). The van der Waals surface area contributed by atoms with E-state index in [0.717, 1.165) is 64.1 Å². The van der Waals surface area contributed by atoms with Crippen molar-refractivity contribution < 1.29 is 9.53 Å². The maximum atomic E-state index is 12.4. The predicted molar refractivity (Wildman–Crippen MR) is 83.4 cm³/mol. The third-order valence-electron chi connectivity index (χ3n) is 4.78. The maximum absolute atomic E-state index is 12.4. The molecule has 6 heteroatoms. The van der Waals surface area contributed by atoms with Crippen LogP contribution in [0, 0.1) is 5.92 Å². The molecule has 0 bridgehead atoms. The van der Waals surface area contributed by atoms with Gasteiger partial charge in [-0.1, -0.05) is 0 Å². The summed E-state index contributed by atoms with van der Waals surface area (Å²) in [6, 6.07) is 0.606. The largest absolute Gasteiger partial charge is 0.381 e. The van der Waals surface area contributed by atoms with Crippen molar-refractivity contribution >= 4 is 5.91 Å². The first-order valence-corrected chi connectivity index (χ1v) is 8.39. The first-order chi connectivity index (χ1) is 10.8. The van der Waals surface area contributed by atoms with Gasteiger partial charge >= 0.3 is 0 Å². The van der Waals surface area contributed by atoms with Gasteiger partial charge < -0.3 is 15.0 Å². The van der Waals surface area contributed by atoms with Crippen molar-refractivity contribution in [3.63, 3.8) is 0 Å². The van der Waals surface area contributed by atoms with E-state index in [-0.39, 0.29) is 11.8 Å². The Morgan fingerprint density at radius 2 is 2.27 bits per heavy atom. The first kappa shape index (κ1) is 15.5. The van der Waals surface area contributed by atoms with Crippen molar-refractivity contribution in [1.29, 1.82) is 0 Å². The van der Waals surface area contributed by atoms with Gasteiger partial charge in [0.15, 0.2) is 0 Å². The van der Waals surface area contributed by atoms with Crippen LogP contribution < -0.4 is 5.32 Å². The summed E-state index contributed by atoms with van der Waals surface area (Å²) < 4.78 is 5.44. The van der Waals surface area contributed by atoms with Gasteiger partial charge in [0.2, 0.25) is 5.91 Å². The molecule has 1 unspecified atom stereocenters. The molecule has 2 fully saturated rings. The Labute approximate surface area is 131 Å². The molecule has 122 valence electrons. The van der Waals surface area contributed by atoms with E-state index in [1.165, 1.54) is 0 Å². The summed E-state index contributed by atoms with van der Waals surface area (Å²) in [7, 11) is 0. The Morgan fingerprint density at radius 1 is 1.41 bits per heavy atom. The smallest absolute Gasteiger partial charge is 0.224 e. The molecule has 1 atom stereocenters. The Bertz CT molecular complexity index is 457. The van der Waals surface area contributed by atoms with E-state index < -0.39 is 0 Å². The van der Waals surface area contributed by atoms with Crippen molar-refractivity contribution in [3.8, 4) is 0 Å². The number of ether oxygens (including phenoxy) is 1. The molecule has 0 saturated carbocycles. The van der Waals surface area contributed by atoms with E-state index in [1.54, 1.807) is 12.5 Å². The maximum Gasteiger partial charge on any atom is 0.224 e. The molecule has 3 heterocycles. The Morgan fingerprint density at radius 3 is 3.05 bits per heavy atom. The Balaban J connectivity index is 1.43. The molecule has 1 amide bonds. The van der Waals surface area contributed by atoms with E-state index in [4.69, 9.17) is 4.74 Å². The van der Waals surface area contributed by atoms with Gasteiger partial charge in [-0.2, -0.15) is 0 Å². The van der Waals surface area contributed by atoms with Crippen LogP contribution in [0.2, 0.25) is 0 Å². The van der Waals surface area contributed by atoms with Crippen molar-refractivity contribution in [2.45, 2.75) is 38.1 Å². The lowest BCUT2D eigenvalue weighted by Crippen LogP contribution is -2.48. The lowest BCUT2D eigenvalue weighted by molar-refractivity contribution is -0.127. The summed E-state index contributed by atoms with van der Waals surface area (Å²) in [6.07, 6.45) is 8.62. The molecule has 1 aromatic rings. The van der Waals surface area contributed by atoms with Gasteiger partial charge in [-0.3, -0.25) is 9.69 Å². The molecule has 6 nitrogen and oxygen atoms in total. The number of imidazole rings is 1. The zero-order chi connectivity index (χ0) is 15.2. The molecule has 2 aliphatic heterocycles. The van der Waals surface area contributed by atoms with E-state index in [0.29, 0.717) is 12.6 Å². The van der Waals surface area contributed by atoms with Crippen molar-refractivity contribution in [2.24, 2.45) is 5.92 Å².